The van der Waals surface area contributed by atoms with Crippen molar-refractivity contribution in [2.45, 2.75) is 25.8 Å². The molecule has 2 rings (SSSR count). The molecule has 0 aliphatic carbocycles. The molecule has 1 aromatic rings. The van der Waals surface area contributed by atoms with Crippen molar-refractivity contribution in [3.05, 3.63) is 35.4 Å². The third-order valence-electron chi connectivity index (χ3n) is 2.78. The minimum atomic E-state index is -0.0649. The molecule has 2 nitrogen and oxygen atoms in total. The van der Waals surface area contributed by atoms with E-state index in [0.717, 1.165) is 13.0 Å². The number of hydrogen-bond donors (Lipinski definition) is 1. The van der Waals surface area contributed by atoms with Gasteiger partial charge < -0.3 is 5.32 Å². The number of fused-ring (bicyclic) bond motifs is 1. The summed E-state index contributed by atoms with van der Waals surface area (Å²) in [4.78, 5) is 11.7. The number of rotatable bonds is 2. The minimum Gasteiger partial charge on any atom is -0.303 e. The van der Waals surface area contributed by atoms with Gasteiger partial charge in [-0.05, 0) is 17.5 Å². The van der Waals surface area contributed by atoms with Crippen LogP contribution in [0.2, 0.25) is 0 Å². The quantitative estimate of drug-likeness (QED) is 0.769. The maximum atomic E-state index is 11.7. The van der Waals surface area contributed by atoms with Crippen LogP contribution in [0.15, 0.2) is 24.3 Å². The van der Waals surface area contributed by atoms with Gasteiger partial charge in [-0.15, -0.1) is 0 Å². The fourth-order valence-electron chi connectivity index (χ4n) is 2.00. The van der Waals surface area contributed by atoms with Crippen molar-refractivity contribution in [2.24, 2.45) is 0 Å². The van der Waals surface area contributed by atoms with Crippen LogP contribution in [0.5, 0.6) is 0 Å². The van der Waals surface area contributed by atoms with Gasteiger partial charge in [0.25, 0.3) is 0 Å². The molecule has 0 amide bonds. The standard InChI is InChI=1S/C12H15NO/c1-2-11(14)12-10-6-4-3-5-9(10)7-8-13-12/h3-6,12-13H,2,7-8H2,1H3. The molecule has 2 heteroatoms. The Kier molecular flexibility index (Phi) is 2.64. The molecule has 74 valence electrons. The molecule has 0 bridgehead atoms. The van der Waals surface area contributed by atoms with Crippen molar-refractivity contribution in [2.75, 3.05) is 6.54 Å². The highest BCUT2D eigenvalue weighted by molar-refractivity contribution is 5.85. The van der Waals surface area contributed by atoms with Crippen LogP contribution in [0.3, 0.4) is 0 Å². The topological polar surface area (TPSA) is 29.1 Å². The van der Waals surface area contributed by atoms with Gasteiger partial charge in [-0.25, -0.2) is 0 Å². The molecule has 0 radical (unpaired) electrons. The van der Waals surface area contributed by atoms with E-state index in [1.165, 1.54) is 11.1 Å². The Morgan fingerprint density at radius 1 is 1.50 bits per heavy atom. The van der Waals surface area contributed by atoms with E-state index in [9.17, 15) is 4.79 Å². The molecule has 1 aromatic carbocycles. The van der Waals surface area contributed by atoms with Crippen molar-refractivity contribution in [3.8, 4) is 0 Å². The number of carbonyl (C=O) groups is 1. The number of hydrogen-bond acceptors (Lipinski definition) is 2. The van der Waals surface area contributed by atoms with Gasteiger partial charge in [-0.1, -0.05) is 31.2 Å². The smallest absolute Gasteiger partial charge is 0.154 e. The second-order valence-corrected chi connectivity index (χ2v) is 3.66. The monoisotopic (exact) mass is 189 g/mol. The Morgan fingerprint density at radius 2 is 2.29 bits per heavy atom. The summed E-state index contributed by atoms with van der Waals surface area (Å²) in [6.07, 6.45) is 1.63. The highest BCUT2D eigenvalue weighted by Gasteiger charge is 2.23. The first-order valence-corrected chi connectivity index (χ1v) is 5.17. The zero-order valence-electron chi connectivity index (χ0n) is 8.42. The van der Waals surface area contributed by atoms with Gasteiger partial charge in [-0.3, -0.25) is 4.79 Å². The predicted octanol–water partition coefficient (Wildman–Crippen LogP) is 1.85. The SMILES string of the molecule is CCC(=O)C1NCCc2ccccc21. The number of ketones is 1. The molecule has 1 atom stereocenters. The minimum absolute atomic E-state index is 0.0649. The maximum absolute atomic E-state index is 11.7. The molecular formula is C12H15NO. The molecule has 0 aromatic heterocycles. The molecule has 0 spiro atoms. The van der Waals surface area contributed by atoms with Gasteiger partial charge in [0, 0.05) is 13.0 Å². The van der Waals surface area contributed by atoms with Gasteiger partial charge in [0.1, 0.15) is 0 Å². The van der Waals surface area contributed by atoms with Gasteiger partial charge in [0.15, 0.2) is 5.78 Å². The summed E-state index contributed by atoms with van der Waals surface area (Å²) in [5.41, 5.74) is 2.49. The second kappa shape index (κ2) is 3.93. The van der Waals surface area contributed by atoms with Crippen LogP contribution in [-0.4, -0.2) is 12.3 Å². The van der Waals surface area contributed by atoms with Crippen LogP contribution in [0.25, 0.3) is 0 Å². The first-order valence-electron chi connectivity index (χ1n) is 5.17. The number of carbonyl (C=O) groups excluding carboxylic acids is 1. The van der Waals surface area contributed by atoms with Crippen molar-refractivity contribution < 1.29 is 4.79 Å². The molecule has 1 heterocycles. The van der Waals surface area contributed by atoms with E-state index in [2.05, 4.69) is 17.4 Å². The van der Waals surface area contributed by atoms with Crippen molar-refractivity contribution >= 4 is 5.78 Å². The van der Waals surface area contributed by atoms with E-state index in [-0.39, 0.29) is 11.8 Å². The number of benzene rings is 1. The van der Waals surface area contributed by atoms with E-state index < -0.39 is 0 Å². The first kappa shape index (κ1) is 9.41. The number of nitrogens with one attached hydrogen (secondary N) is 1. The van der Waals surface area contributed by atoms with Crippen LogP contribution in [0.1, 0.15) is 30.5 Å². The van der Waals surface area contributed by atoms with Crippen molar-refractivity contribution in [3.63, 3.8) is 0 Å². The summed E-state index contributed by atoms with van der Waals surface area (Å²) >= 11 is 0. The Bertz CT molecular complexity index is 346. The average Bonchev–Trinajstić information content (AvgIpc) is 2.27. The summed E-state index contributed by atoms with van der Waals surface area (Å²) in [6, 6.07) is 8.15. The molecule has 0 saturated carbocycles. The lowest BCUT2D eigenvalue weighted by molar-refractivity contribution is -0.121. The van der Waals surface area contributed by atoms with Crippen molar-refractivity contribution in [1.82, 2.24) is 5.32 Å². The third kappa shape index (κ3) is 1.58. The largest absolute Gasteiger partial charge is 0.303 e. The van der Waals surface area contributed by atoms with Crippen LogP contribution in [0.4, 0.5) is 0 Å². The molecular weight excluding hydrogens is 174 g/mol. The molecule has 1 N–H and O–H groups in total. The Balaban J connectivity index is 2.35. The predicted molar refractivity (Wildman–Crippen MR) is 56.2 cm³/mol. The highest BCUT2D eigenvalue weighted by Crippen LogP contribution is 2.23. The molecule has 1 aliphatic heterocycles. The molecule has 0 fully saturated rings. The van der Waals surface area contributed by atoms with Crippen LogP contribution in [-0.2, 0) is 11.2 Å². The van der Waals surface area contributed by atoms with Crippen LogP contribution >= 0.6 is 0 Å². The van der Waals surface area contributed by atoms with E-state index in [4.69, 9.17) is 0 Å². The lowest BCUT2D eigenvalue weighted by Gasteiger charge is -2.25. The summed E-state index contributed by atoms with van der Waals surface area (Å²) in [6.45, 7) is 2.83. The molecule has 1 unspecified atom stereocenters. The van der Waals surface area contributed by atoms with Crippen LogP contribution in [0, 0.1) is 0 Å². The van der Waals surface area contributed by atoms with Gasteiger partial charge in [0.05, 0.1) is 6.04 Å². The van der Waals surface area contributed by atoms with Gasteiger partial charge in [-0.2, -0.15) is 0 Å². The zero-order chi connectivity index (χ0) is 9.97. The Labute approximate surface area is 84.3 Å². The van der Waals surface area contributed by atoms with E-state index >= 15 is 0 Å². The Morgan fingerprint density at radius 3 is 3.07 bits per heavy atom. The first-order chi connectivity index (χ1) is 6.83. The average molecular weight is 189 g/mol. The maximum Gasteiger partial charge on any atom is 0.154 e. The summed E-state index contributed by atoms with van der Waals surface area (Å²) in [7, 11) is 0. The fraction of sp³-hybridized carbons (Fsp3) is 0.417. The van der Waals surface area contributed by atoms with Crippen molar-refractivity contribution in [1.29, 1.82) is 0 Å². The summed E-state index contributed by atoms with van der Waals surface area (Å²) in [5.74, 6) is 0.289. The Hall–Kier alpha value is -1.15. The fourth-order valence-corrected chi connectivity index (χ4v) is 2.00. The lowest BCUT2D eigenvalue weighted by Crippen LogP contribution is -2.34. The van der Waals surface area contributed by atoms with E-state index in [1.54, 1.807) is 0 Å². The summed E-state index contributed by atoms with van der Waals surface area (Å²) in [5, 5.41) is 3.28. The molecule has 0 saturated heterocycles. The normalized spacial score (nSPS) is 20.2. The highest BCUT2D eigenvalue weighted by atomic mass is 16.1. The second-order valence-electron chi connectivity index (χ2n) is 3.66. The van der Waals surface area contributed by atoms with Crippen LogP contribution < -0.4 is 5.32 Å². The van der Waals surface area contributed by atoms with Gasteiger partial charge in [0.2, 0.25) is 0 Å². The summed E-state index contributed by atoms with van der Waals surface area (Å²) < 4.78 is 0. The lowest BCUT2D eigenvalue weighted by atomic mass is 9.91. The number of Topliss-reactive ketones (excluding diaryl/α,β-unsaturated/α-hetero) is 1. The zero-order valence-corrected chi connectivity index (χ0v) is 8.42. The van der Waals surface area contributed by atoms with E-state index in [1.807, 2.05) is 19.1 Å². The molecule has 14 heavy (non-hydrogen) atoms. The van der Waals surface area contributed by atoms with Gasteiger partial charge >= 0.3 is 0 Å². The molecule has 1 aliphatic rings. The third-order valence-corrected chi connectivity index (χ3v) is 2.78. The van der Waals surface area contributed by atoms with E-state index in [0.29, 0.717) is 6.42 Å².